The molecule has 0 atom stereocenters. The normalized spacial score (nSPS) is 10.9. The number of hydrogen-bond acceptors (Lipinski definition) is 5. The molecule has 0 unspecified atom stereocenters. The Balaban J connectivity index is 1.73. The second kappa shape index (κ2) is 7.86. The molecule has 2 aromatic rings. The van der Waals surface area contributed by atoms with Crippen LogP contribution >= 0.6 is 11.3 Å². The number of carbonyl (C=O) groups is 2. The number of amides is 2. The third-order valence-electron chi connectivity index (χ3n) is 3.11. The van der Waals surface area contributed by atoms with Gasteiger partial charge in [0, 0.05) is 20.0 Å². The molecule has 7 heteroatoms. The third-order valence-corrected chi connectivity index (χ3v) is 4.20. The van der Waals surface area contributed by atoms with Gasteiger partial charge in [0.2, 0.25) is 11.8 Å². The highest BCUT2D eigenvalue weighted by molar-refractivity contribution is 7.18. The largest absolute Gasteiger partial charge is 0.358 e. The minimum absolute atomic E-state index is 0.0903. The van der Waals surface area contributed by atoms with Gasteiger partial charge in [-0.25, -0.2) is 4.98 Å². The Morgan fingerprint density at radius 2 is 1.95 bits per heavy atom. The number of nitrogens with one attached hydrogen (secondary N) is 2. The van der Waals surface area contributed by atoms with E-state index in [4.69, 9.17) is 0 Å². The predicted molar refractivity (Wildman–Crippen MR) is 87.9 cm³/mol. The SMILES string of the molecule is CNC(=O)CN(C)CC(=O)NCCc1nc2ccccc2s1. The minimum Gasteiger partial charge on any atom is -0.358 e. The van der Waals surface area contributed by atoms with Crippen LogP contribution in [0.25, 0.3) is 10.2 Å². The van der Waals surface area contributed by atoms with Gasteiger partial charge in [-0.3, -0.25) is 14.5 Å². The molecule has 0 saturated heterocycles. The molecule has 0 bridgehead atoms. The fraction of sp³-hybridized carbons (Fsp3) is 0.400. The molecule has 0 fully saturated rings. The zero-order valence-electron chi connectivity index (χ0n) is 12.8. The summed E-state index contributed by atoms with van der Waals surface area (Å²) in [5.41, 5.74) is 0.999. The number of rotatable bonds is 7. The fourth-order valence-corrected chi connectivity index (χ4v) is 2.98. The molecule has 118 valence electrons. The summed E-state index contributed by atoms with van der Waals surface area (Å²) in [5, 5.41) is 6.39. The summed E-state index contributed by atoms with van der Waals surface area (Å²) >= 11 is 1.65. The predicted octanol–water partition coefficient (Wildman–Crippen LogP) is 0.633. The lowest BCUT2D eigenvalue weighted by Gasteiger charge is -2.14. The Morgan fingerprint density at radius 1 is 1.23 bits per heavy atom. The number of carbonyl (C=O) groups excluding carboxylic acids is 2. The highest BCUT2D eigenvalue weighted by Gasteiger charge is 2.09. The first-order chi connectivity index (χ1) is 10.6. The van der Waals surface area contributed by atoms with Crippen LogP contribution in [-0.4, -0.2) is 55.4 Å². The molecule has 1 heterocycles. The summed E-state index contributed by atoms with van der Waals surface area (Å²) in [7, 11) is 3.32. The van der Waals surface area contributed by atoms with E-state index in [0.717, 1.165) is 15.2 Å². The Kier molecular flexibility index (Phi) is 5.85. The van der Waals surface area contributed by atoms with Crippen molar-refractivity contribution in [3.05, 3.63) is 29.3 Å². The average molecular weight is 320 g/mol. The van der Waals surface area contributed by atoms with Crippen LogP contribution < -0.4 is 10.6 Å². The summed E-state index contributed by atoms with van der Waals surface area (Å²) in [6.45, 7) is 0.960. The van der Waals surface area contributed by atoms with Crippen LogP contribution in [-0.2, 0) is 16.0 Å². The maximum Gasteiger partial charge on any atom is 0.234 e. The number of benzene rings is 1. The molecular formula is C15H20N4O2S. The van der Waals surface area contributed by atoms with Crippen LogP contribution in [0.4, 0.5) is 0 Å². The first-order valence-corrected chi connectivity index (χ1v) is 7.90. The van der Waals surface area contributed by atoms with E-state index in [1.807, 2.05) is 24.3 Å². The molecule has 0 saturated carbocycles. The monoisotopic (exact) mass is 320 g/mol. The number of likely N-dealkylation sites (N-methyl/N-ethyl adjacent to an activating group) is 2. The van der Waals surface area contributed by atoms with Crippen molar-refractivity contribution < 1.29 is 9.59 Å². The van der Waals surface area contributed by atoms with E-state index in [2.05, 4.69) is 15.6 Å². The van der Waals surface area contributed by atoms with Gasteiger partial charge in [-0.05, 0) is 19.2 Å². The zero-order valence-corrected chi connectivity index (χ0v) is 13.6. The van der Waals surface area contributed by atoms with Gasteiger partial charge in [0.05, 0.1) is 28.3 Å². The summed E-state index contributed by atoms with van der Waals surface area (Å²) < 4.78 is 1.16. The molecule has 1 aromatic carbocycles. The van der Waals surface area contributed by atoms with E-state index in [1.54, 1.807) is 30.3 Å². The van der Waals surface area contributed by atoms with Gasteiger partial charge in [-0.1, -0.05) is 12.1 Å². The van der Waals surface area contributed by atoms with E-state index in [-0.39, 0.29) is 24.9 Å². The average Bonchev–Trinajstić information content (AvgIpc) is 2.89. The summed E-state index contributed by atoms with van der Waals surface area (Å²) in [6, 6.07) is 7.99. The van der Waals surface area contributed by atoms with Gasteiger partial charge in [0.25, 0.3) is 0 Å². The molecular weight excluding hydrogens is 300 g/mol. The molecule has 2 rings (SSSR count). The first-order valence-electron chi connectivity index (χ1n) is 7.08. The minimum atomic E-state index is -0.107. The van der Waals surface area contributed by atoms with Crippen molar-refractivity contribution in [1.29, 1.82) is 0 Å². The van der Waals surface area contributed by atoms with E-state index in [1.165, 1.54) is 0 Å². The second-order valence-corrected chi connectivity index (χ2v) is 6.14. The van der Waals surface area contributed by atoms with Crippen molar-refractivity contribution in [3.8, 4) is 0 Å². The maximum atomic E-state index is 11.8. The number of nitrogens with zero attached hydrogens (tertiary/aromatic N) is 2. The molecule has 6 nitrogen and oxygen atoms in total. The number of thiazole rings is 1. The van der Waals surface area contributed by atoms with E-state index in [0.29, 0.717) is 13.0 Å². The number of para-hydroxylation sites is 1. The first kappa shape index (κ1) is 16.4. The molecule has 0 spiro atoms. The fourth-order valence-electron chi connectivity index (χ4n) is 2.02. The molecule has 2 amide bonds. The Bertz CT molecular complexity index is 623. The van der Waals surface area contributed by atoms with Crippen LogP contribution in [0.1, 0.15) is 5.01 Å². The van der Waals surface area contributed by atoms with Crippen LogP contribution in [0, 0.1) is 0 Å². The quantitative estimate of drug-likeness (QED) is 0.785. The number of hydrogen-bond donors (Lipinski definition) is 2. The topological polar surface area (TPSA) is 74.3 Å². The number of fused-ring (bicyclic) bond motifs is 1. The van der Waals surface area contributed by atoms with E-state index in [9.17, 15) is 9.59 Å². The maximum absolute atomic E-state index is 11.8. The van der Waals surface area contributed by atoms with Crippen molar-refractivity contribution in [1.82, 2.24) is 20.5 Å². The Labute approximate surface area is 133 Å². The lowest BCUT2D eigenvalue weighted by Crippen LogP contribution is -2.40. The third kappa shape index (κ3) is 4.78. The van der Waals surface area contributed by atoms with Gasteiger partial charge >= 0.3 is 0 Å². The summed E-state index contributed by atoms with van der Waals surface area (Å²) in [4.78, 5) is 29.2. The van der Waals surface area contributed by atoms with Gasteiger partial charge in [-0.2, -0.15) is 0 Å². The summed E-state index contributed by atoms with van der Waals surface area (Å²) in [5.74, 6) is -0.197. The Hall–Kier alpha value is -1.99. The van der Waals surface area contributed by atoms with Gasteiger partial charge in [0.15, 0.2) is 0 Å². The molecule has 22 heavy (non-hydrogen) atoms. The van der Waals surface area contributed by atoms with Crippen molar-refractivity contribution >= 4 is 33.4 Å². The second-order valence-electron chi connectivity index (χ2n) is 5.02. The van der Waals surface area contributed by atoms with Gasteiger partial charge in [-0.15, -0.1) is 11.3 Å². The summed E-state index contributed by atoms with van der Waals surface area (Å²) in [6.07, 6.45) is 0.713. The van der Waals surface area contributed by atoms with Crippen LogP contribution in [0.2, 0.25) is 0 Å². The molecule has 0 aliphatic carbocycles. The molecule has 0 radical (unpaired) electrons. The zero-order chi connectivity index (χ0) is 15.9. The molecule has 0 aliphatic heterocycles. The van der Waals surface area contributed by atoms with E-state index >= 15 is 0 Å². The van der Waals surface area contributed by atoms with Crippen molar-refractivity contribution in [2.75, 3.05) is 33.7 Å². The Morgan fingerprint density at radius 3 is 2.68 bits per heavy atom. The van der Waals surface area contributed by atoms with Gasteiger partial charge in [0.1, 0.15) is 0 Å². The highest BCUT2D eigenvalue weighted by atomic mass is 32.1. The molecule has 2 N–H and O–H groups in total. The van der Waals surface area contributed by atoms with Crippen LogP contribution in [0.15, 0.2) is 24.3 Å². The molecule has 0 aliphatic rings. The van der Waals surface area contributed by atoms with Crippen molar-refractivity contribution in [2.45, 2.75) is 6.42 Å². The van der Waals surface area contributed by atoms with Crippen LogP contribution in [0.5, 0.6) is 0 Å². The lowest BCUT2D eigenvalue weighted by molar-refractivity contribution is -0.124. The number of aromatic nitrogens is 1. The standard InChI is InChI=1S/C15H20N4O2S/c1-16-13(20)9-19(2)10-14(21)17-8-7-15-18-11-5-3-4-6-12(11)22-15/h3-6H,7-10H2,1-2H3,(H,16,20)(H,17,21). The van der Waals surface area contributed by atoms with Crippen molar-refractivity contribution in [3.63, 3.8) is 0 Å². The molecule has 1 aromatic heterocycles. The van der Waals surface area contributed by atoms with Crippen molar-refractivity contribution in [2.24, 2.45) is 0 Å². The smallest absolute Gasteiger partial charge is 0.234 e. The highest BCUT2D eigenvalue weighted by Crippen LogP contribution is 2.21. The van der Waals surface area contributed by atoms with Crippen LogP contribution in [0.3, 0.4) is 0 Å². The lowest BCUT2D eigenvalue weighted by atomic mass is 10.3. The van der Waals surface area contributed by atoms with E-state index < -0.39 is 0 Å². The van der Waals surface area contributed by atoms with Gasteiger partial charge < -0.3 is 10.6 Å².